The number of amides is 2. The number of hydrogen-bond donors (Lipinski definition) is 0. The Balaban J connectivity index is 2.14. The number of carbonyl (C=O) groups excluding carboxylic acids is 2. The van der Waals surface area contributed by atoms with Gasteiger partial charge in [0.1, 0.15) is 0 Å². The highest BCUT2D eigenvalue weighted by Crippen LogP contribution is 2.34. The number of hydrogen-bond acceptors (Lipinski definition) is 2. The zero-order chi connectivity index (χ0) is 11.7. The Morgan fingerprint density at radius 2 is 1.75 bits per heavy atom. The summed E-state index contributed by atoms with van der Waals surface area (Å²) < 4.78 is 0. The fourth-order valence-electron chi connectivity index (χ4n) is 3.12. The maximum absolute atomic E-state index is 12.2. The summed E-state index contributed by atoms with van der Waals surface area (Å²) in [6, 6.07) is 0.202. The maximum Gasteiger partial charge on any atom is 0.233 e. The fourth-order valence-corrected chi connectivity index (χ4v) is 3.12. The summed E-state index contributed by atoms with van der Waals surface area (Å²) in [6.45, 7) is 3.90. The zero-order valence-electron chi connectivity index (χ0n) is 10.2. The van der Waals surface area contributed by atoms with E-state index < -0.39 is 0 Å². The molecule has 0 aromatic carbocycles. The molecular weight excluding hydrogens is 202 g/mol. The molecule has 1 aliphatic carbocycles. The van der Waals surface area contributed by atoms with Crippen LogP contribution in [0.2, 0.25) is 0 Å². The monoisotopic (exact) mass is 223 g/mol. The lowest BCUT2D eigenvalue weighted by molar-refractivity contribution is -0.143. The Hall–Kier alpha value is -0.860. The normalized spacial score (nSPS) is 32.5. The second-order valence-electron chi connectivity index (χ2n) is 5.14. The van der Waals surface area contributed by atoms with Crippen LogP contribution in [0.25, 0.3) is 0 Å². The van der Waals surface area contributed by atoms with Crippen LogP contribution in [0.1, 0.15) is 52.4 Å². The predicted octanol–water partition coefficient (Wildman–Crippen LogP) is 2.35. The Labute approximate surface area is 97.2 Å². The van der Waals surface area contributed by atoms with E-state index in [0.29, 0.717) is 0 Å². The number of carbonyl (C=O) groups is 2. The van der Waals surface area contributed by atoms with E-state index in [1.165, 1.54) is 6.42 Å². The van der Waals surface area contributed by atoms with Crippen molar-refractivity contribution in [3.8, 4) is 0 Å². The quantitative estimate of drug-likeness (QED) is 0.674. The minimum Gasteiger partial charge on any atom is -0.279 e. The molecule has 2 amide bonds. The van der Waals surface area contributed by atoms with Crippen LogP contribution in [0.5, 0.6) is 0 Å². The minimum absolute atomic E-state index is 0.0607. The van der Waals surface area contributed by atoms with Crippen LogP contribution in [-0.2, 0) is 9.59 Å². The molecule has 1 aliphatic heterocycles. The summed E-state index contributed by atoms with van der Waals surface area (Å²) in [5.74, 6) is 0.00417. The Morgan fingerprint density at radius 1 is 1.12 bits per heavy atom. The van der Waals surface area contributed by atoms with Gasteiger partial charge < -0.3 is 0 Å². The van der Waals surface area contributed by atoms with Crippen molar-refractivity contribution < 1.29 is 9.59 Å². The van der Waals surface area contributed by atoms with Gasteiger partial charge in [-0.05, 0) is 19.3 Å². The molecule has 2 unspecified atom stereocenters. The minimum atomic E-state index is -0.0978. The summed E-state index contributed by atoms with van der Waals surface area (Å²) in [5.41, 5.74) is 0. The third kappa shape index (κ3) is 1.76. The van der Waals surface area contributed by atoms with Gasteiger partial charge in [0, 0.05) is 17.9 Å². The molecule has 2 atom stereocenters. The molecule has 0 aromatic heterocycles. The van der Waals surface area contributed by atoms with Crippen LogP contribution in [0.4, 0.5) is 0 Å². The van der Waals surface area contributed by atoms with Gasteiger partial charge in [-0.2, -0.15) is 0 Å². The van der Waals surface area contributed by atoms with E-state index in [9.17, 15) is 9.59 Å². The first-order valence-electron chi connectivity index (χ1n) is 6.53. The molecule has 2 fully saturated rings. The average Bonchev–Trinajstić information content (AvgIpc) is 2.51. The second-order valence-corrected chi connectivity index (χ2v) is 5.14. The van der Waals surface area contributed by atoms with Gasteiger partial charge in [-0.15, -0.1) is 0 Å². The maximum atomic E-state index is 12.2. The molecule has 0 radical (unpaired) electrons. The van der Waals surface area contributed by atoms with Crippen molar-refractivity contribution in [2.75, 3.05) is 0 Å². The molecule has 2 rings (SSSR count). The molecule has 0 N–H and O–H groups in total. The van der Waals surface area contributed by atoms with Crippen LogP contribution in [-0.4, -0.2) is 22.8 Å². The first kappa shape index (κ1) is 11.6. The second kappa shape index (κ2) is 4.56. The molecule has 2 aliphatic rings. The number of likely N-dealkylation sites (tertiary alicyclic amines) is 1. The molecule has 0 aromatic rings. The topological polar surface area (TPSA) is 37.4 Å². The first-order valence-corrected chi connectivity index (χ1v) is 6.53. The number of rotatable bonds is 2. The SMILES string of the molecule is CCC1C(=O)N(C2CCCCC2)C(=O)C1C. The van der Waals surface area contributed by atoms with Crippen LogP contribution >= 0.6 is 0 Å². The summed E-state index contributed by atoms with van der Waals surface area (Å²) in [7, 11) is 0. The van der Waals surface area contributed by atoms with Crippen molar-refractivity contribution in [2.45, 2.75) is 58.4 Å². The van der Waals surface area contributed by atoms with Crippen molar-refractivity contribution in [1.82, 2.24) is 4.90 Å². The summed E-state index contributed by atoms with van der Waals surface area (Å²) in [6.07, 6.45) is 6.38. The Bertz CT molecular complexity index is 294. The molecule has 0 spiro atoms. The van der Waals surface area contributed by atoms with Gasteiger partial charge in [0.15, 0.2) is 0 Å². The van der Waals surface area contributed by atoms with Crippen molar-refractivity contribution in [1.29, 1.82) is 0 Å². The van der Waals surface area contributed by atoms with Crippen molar-refractivity contribution in [2.24, 2.45) is 11.8 Å². The van der Waals surface area contributed by atoms with E-state index in [4.69, 9.17) is 0 Å². The van der Waals surface area contributed by atoms with Crippen molar-refractivity contribution >= 4 is 11.8 Å². The van der Waals surface area contributed by atoms with Gasteiger partial charge in [0.2, 0.25) is 11.8 Å². The number of imide groups is 1. The smallest absolute Gasteiger partial charge is 0.233 e. The molecule has 16 heavy (non-hydrogen) atoms. The van der Waals surface area contributed by atoms with Crippen LogP contribution in [0, 0.1) is 11.8 Å². The standard InChI is InChI=1S/C13H21NO2/c1-3-11-9(2)12(15)14(13(11)16)10-7-5-4-6-8-10/h9-11H,3-8H2,1-2H3. The predicted molar refractivity (Wildman–Crippen MR) is 61.7 cm³/mol. The lowest BCUT2D eigenvalue weighted by Gasteiger charge is -2.29. The van der Waals surface area contributed by atoms with Gasteiger partial charge in [-0.1, -0.05) is 33.1 Å². The Kier molecular flexibility index (Phi) is 3.31. The molecule has 1 saturated heterocycles. The van der Waals surface area contributed by atoms with Gasteiger partial charge in [0.05, 0.1) is 0 Å². The van der Waals surface area contributed by atoms with E-state index in [1.807, 2.05) is 13.8 Å². The van der Waals surface area contributed by atoms with Gasteiger partial charge >= 0.3 is 0 Å². The summed E-state index contributed by atoms with van der Waals surface area (Å²) in [4.78, 5) is 25.8. The first-order chi connectivity index (χ1) is 7.66. The van der Waals surface area contributed by atoms with E-state index in [-0.39, 0.29) is 29.7 Å². The van der Waals surface area contributed by atoms with E-state index in [0.717, 1.165) is 32.1 Å². The highest BCUT2D eigenvalue weighted by Gasteiger charge is 2.46. The lowest BCUT2D eigenvalue weighted by Crippen LogP contribution is -2.41. The van der Waals surface area contributed by atoms with Crippen LogP contribution in [0.15, 0.2) is 0 Å². The fraction of sp³-hybridized carbons (Fsp3) is 0.846. The molecule has 1 heterocycles. The third-order valence-electron chi connectivity index (χ3n) is 4.16. The third-order valence-corrected chi connectivity index (χ3v) is 4.16. The average molecular weight is 223 g/mol. The summed E-state index contributed by atoms with van der Waals surface area (Å²) >= 11 is 0. The zero-order valence-corrected chi connectivity index (χ0v) is 10.2. The van der Waals surface area contributed by atoms with Gasteiger partial charge in [0.25, 0.3) is 0 Å². The highest BCUT2D eigenvalue weighted by atomic mass is 16.2. The van der Waals surface area contributed by atoms with E-state index >= 15 is 0 Å². The Morgan fingerprint density at radius 3 is 2.25 bits per heavy atom. The van der Waals surface area contributed by atoms with Gasteiger partial charge in [-0.25, -0.2) is 0 Å². The van der Waals surface area contributed by atoms with Crippen LogP contribution < -0.4 is 0 Å². The molecule has 1 saturated carbocycles. The largest absolute Gasteiger partial charge is 0.279 e. The highest BCUT2D eigenvalue weighted by molar-refractivity contribution is 6.05. The lowest BCUT2D eigenvalue weighted by atomic mass is 9.94. The van der Waals surface area contributed by atoms with E-state index in [2.05, 4.69) is 0 Å². The molecule has 3 nitrogen and oxygen atoms in total. The molecular formula is C13H21NO2. The molecule has 3 heteroatoms. The van der Waals surface area contributed by atoms with E-state index in [1.54, 1.807) is 4.90 Å². The van der Waals surface area contributed by atoms with Gasteiger partial charge in [-0.3, -0.25) is 14.5 Å². The van der Waals surface area contributed by atoms with Crippen molar-refractivity contribution in [3.05, 3.63) is 0 Å². The van der Waals surface area contributed by atoms with Crippen molar-refractivity contribution in [3.63, 3.8) is 0 Å². The summed E-state index contributed by atoms with van der Waals surface area (Å²) in [5, 5.41) is 0. The molecule has 90 valence electrons. The number of nitrogens with zero attached hydrogens (tertiary/aromatic N) is 1. The molecule has 0 bridgehead atoms. The van der Waals surface area contributed by atoms with Crippen LogP contribution in [0.3, 0.4) is 0 Å².